The van der Waals surface area contributed by atoms with Crippen molar-refractivity contribution in [2.75, 3.05) is 42.3 Å². The van der Waals surface area contributed by atoms with E-state index >= 15 is 0 Å². The number of hydrogen-bond donors (Lipinski definition) is 5. The van der Waals surface area contributed by atoms with Crippen LogP contribution in [0.3, 0.4) is 0 Å². The van der Waals surface area contributed by atoms with Crippen LogP contribution >= 0.6 is 11.6 Å². The summed E-state index contributed by atoms with van der Waals surface area (Å²) in [5, 5.41) is 33.3. The number of primary amides is 1. The number of nitrogens with two attached hydrogens (primary N) is 1. The summed E-state index contributed by atoms with van der Waals surface area (Å²) in [6, 6.07) is 4.52. The van der Waals surface area contributed by atoms with E-state index in [1.54, 1.807) is 4.90 Å². The minimum atomic E-state index is -0.920. The highest BCUT2D eigenvalue weighted by Gasteiger charge is 2.31. The molecule has 2 atom stereocenters. The third-order valence-electron chi connectivity index (χ3n) is 5.82. The molecule has 3 heterocycles. The number of rotatable bonds is 7. The molecule has 4 rings (SSSR count). The molecule has 1 saturated heterocycles. The van der Waals surface area contributed by atoms with Crippen molar-refractivity contribution in [3.63, 3.8) is 0 Å². The molecule has 14 nitrogen and oxygen atoms in total. The van der Waals surface area contributed by atoms with Gasteiger partial charge in [0.25, 0.3) is 0 Å². The smallest absolute Gasteiger partial charge is 0.407 e. The topological polar surface area (TPSA) is 196 Å². The minimum absolute atomic E-state index is 0.0911. The summed E-state index contributed by atoms with van der Waals surface area (Å²) in [7, 11) is 1.25. The van der Waals surface area contributed by atoms with Crippen molar-refractivity contribution in [1.82, 2.24) is 24.9 Å². The molecule has 2 aromatic heterocycles. The number of nitrogens with zero attached hydrogens (tertiary/aromatic N) is 6. The SMILES string of the molecule is CCNc1nc(Nc2cc(C(N)=O)cc(N3CCC(NC(=O)OC)C(O)C3)c2Cl)nn2c(C#N)cnc12. The van der Waals surface area contributed by atoms with E-state index < -0.39 is 24.1 Å². The quantitative estimate of drug-likeness (QED) is 0.295. The van der Waals surface area contributed by atoms with E-state index in [1.807, 2.05) is 13.0 Å². The van der Waals surface area contributed by atoms with Gasteiger partial charge in [0, 0.05) is 25.2 Å². The molecule has 0 saturated carbocycles. The molecule has 0 radical (unpaired) electrons. The Balaban J connectivity index is 1.69. The molecule has 37 heavy (non-hydrogen) atoms. The zero-order chi connectivity index (χ0) is 26.7. The molecular formula is C22H25ClN10O4. The number of fused-ring (bicyclic) bond motifs is 1. The predicted octanol–water partition coefficient (Wildman–Crippen LogP) is 1.22. The number of hydrogen-bond acceptors (Lipinski definition) is 11. The second-order valence-electron chi connectivity index (χ2n) is 8.20. The molecule has 1 aliphatic heterocycles. The number of aromatic nitrogens is 4. The van der Waals surface area contributed by atoms with Gasteiger partial charge in [0.2, 0.25) is 11.9 Å². The average Bonchev–Trinajstić information content (AvgIpc) is 3.29. The number of imidazole rings is 1. The second-order valence-corrected chi connectivity index (χ2v) is 8.57. The first-order chi connectivity index (χ1) is 17.7. The van der Waals surface area contributed by atoms with Gasteiger partial charge in [-0.05, 0) is 25.5 Å². The number of amides is 2. The number of alkyl carbamates (subject to hydrolysis) is 1. The molecular weight excluding hydrogens is 504 g/mol. The minimum Gasteiger partial charge on any atom is -0.453 e. The molecule has 15 heteroatoms. The predicted molar refractivity (Wildman–Crippen MR) is 135 cm³/mol. The highest BCUT2D eigenvalue weighted by atomic mass is 35.5. The number of piperidine rings is 1. The van der Waals surface area contributed by atoms with E-state index in [-0.39, 0.29) is 34.5 Å². The number of β-amino-alcohol motifs (C(OH)–C–C–N with tert-alkyl or cyclic N) is 1. The van der Waals surface area contributed by atoms with E-state index in [0.29, 0.717) is 36.7 Å². The Morgan fingerprint density at radius 3 is 2.84 bits per heavy atom. The third-order valence-corrected chi connectivity index (χ3v) is 6.21. The number of anilines is 4. The van der Waals surface area contributed by atoms with E-state index in [9.17, 15) is 20.0 Å². The molecule has 2 unspecified atom stereocenters. The van der Waals surface area contributed by atoms with E-state index in [0.717, 1.165) is 0 Å². The summed E-state index contributed by atoms with van der Waals surface area (Å²) in [4.78, 5) is 34.1. The lowest BCUT2D eigenvalue weighted by Gasteiger charge is -2.38. The van der Waals surface area contributed by atoms with Crippen molar-refractivity contribution in [1.29, 1.82) is 5.26 Å². The van der Waals surface area contributed by atoms with Crippen LogP contribution in [0.1, 0.15) is 29.4 Å². The molecule has 1 aromatic carbocycles. The molecule has 6 N–H and O–H groups in total. The van der Waals surface area contributed by atoms with Crippen LogP contribution in [0, 0.1) is 11.3 Å². The fourth-order valence-corrected chi connectivity index (χ4v) is 4.29. The van der Waals surface area contributed by atoms with Gasteiger partial charge < -0.3 is 36.4 Å². The number of benzene rings is 1. The molecule has 2 amide bonds. The summed E-state index contributed by atoms with van der Waals surface area (Å²) < 4.78 is 5.95. The van der Waals surface area contributed by atoms with Crippen molar-refractivity contribution >= 4 is 52.4 Å². The van der Waals surface area contributed by atoms with Crippen LogP contribution < -0.4 is 26.6 Å². The molecule has 1 fully saturated rings. The van der Waals surface area contributed by atoms with E-state index in [1.165, 1.54) is 30.0 Å². The largest absolute Gasteiger partial charge is 0.453 e. The van der Waals surface area contributed by atoms with Crippen molar-refractivity contribution < 1.29 is 19.4 Å². The normalized spacial score (nSPS) is 17.2. The summed E-state index contributed by atoms with van der Waals surface area (Å²) in [6.07, 6.45) is 0.234. The fourth-order valence-electron chi connectivity index (χ4n) is 4.02. The highest BCUT2D eigenvalue weighted by molar-refractivity contribution is 6.36. The monoisotopic (exact) mass is 528 g/mol. The molecule has 1 aliphatic rings. The van der Waals surface area contributed by atoms with Gasteiger partial charge in [-0.3, -0.25) is 4.79 Å². The van der Waals surface area contributed by atoms with Crippen molar-refractivity contribution in [2.24, 2.45) is 5.73 Å². The fraction of sp³-hybridized carbons (Fsp3) is 0.364. The zero-order valence-electron chi connectivity index (χ0n) is 20.0. The van der Waals surface area contributed by atoms with Gasteiger partial charge in [-0.2, -0.15) is 14.8 Å². The number of carbonyl (C=O) groups excluding carboxylic acids is 2. The number of ether oxygens (including phenoxy) is 1. The Hall–Kier alpha value is -4.35. The Morgan fingerprint density at radius 2 is 2.19 bits per heavy atom. The summed E-state index contributed by atoms with van der Waals surface area (Å²) in [5.74, 6) is -0.199. The molecule has 3 aromatic rings. The molecule has 0 aliphatic carbocycles. The van der Waals surface area contributed by atoms with Gasteiger partial charge in [-0.1, -0.05) is 11.6 Å². The van der Waals surface area contributed by atoms with Gasteiger partial charge in [0.1, 0.15) is 6.07 Å². The maximum absolute atomic E-state index is 12.1. The Morgan fingerprint density at radius 1 is 1.41 bits per heavy atom. The van der Waals surface area contributed by atoms with E-state index in [4.69, 9.17) is 17.3 Å². The molecule has 0 spiro atoms. The first-order valence-electron chi connectivity index (χ1n) is 11.3. The first kappa shape index (κ1) is 25.7. The summed E-state index contributed by atoms with van der Waals surface area (Å²) >= 11 is 6.75. The van der Waals surface area contributed by atoms with Crippen LogP contribution in [0.2, 0.25) is 5.02 Å². The Labute approximate surface area is 216 Å². The number of aliphatic hydroxyl groups is 1. The van der Waals surface area contributed by atoms with Crippen LogP contribution in [-0.2, 0) is 4.74 Å². The van der Waals surface area contributed by atoms with Crippen LogP contribution in [0.15, 0.2) is 18.3 Å². The van der Waals surface area contributed by atoms with Gasteiger partial charge in [0.15, 0.2) is 17.2 Å². The van der Waals surface area contributed by atoms with Crippen molar-refractivity contribution in [3.8, 4) is 6.07 Å². The van der Waals surface area contributed by atoms with Crippen molar-refractivity contribution in [3.05, 3.63) is 34.6 Å². The summed E-state index contributed by atoms with van der Waals surface area (Å²) in [5.41, 5.74) is 7.06. The van der Waals surface area contributed by atoms with Crippen LogP contribution in [0.4, 0.5) is 27.9 Å². The lowest BCUT2D eigenvalue weighted by molar-refractivity contribution is 0.0999. The molecule has 194 valence electrons. The third kappa shape index (κ3) is 5.27. The standard InChI is InChI=1S/C22H25ClN10O4/c1-3-26-19-20-27-9-12(8-24)33(20)31-21(30-19)28-14-6-11(18(25)35)7-15(17(14)23)32-5-4-13(16(34)10-32)29-22(36)37-2/h6-7,9,13,16,34H,3-5,10H2,1-2H3,(H2,25,35)(H,29,36)(H2,26,28,30,31). The zero-order valence-corrected chi connectivity index (χ0v) is 20.8. The number of nitriles is 1. The van der Waals surface area contributed by atoms with Gasteiger partial charge in [-0.15, -0.1) is 5.10 Å². The van der Waals surface area contributed by atoms with Crippen LogP contribution in [-0.4, -0.2) is 75.6 Å². The van der Waals surface area contributed by atoms with Gasteiger partial charge >= 0.3 is 6.09 Å². The Bertz CT molecular complexity index is 1390. The average molecular weight is 529 g/mol. The van der Waals surface area contributed by atoms with Gasteiger partial charge in [0.05, 0.1) is 41.8 Å². The maximum Gasteiger partial charge on any atom is 0.407 e. The maximum atomic E-state index is 12.1. The number of aliphatic hydroxyl groups excluding tert-OH is 1. The lowest BCUT2D eigenvalue weighted by Crippen LogP contribution is -2.54. The summed E-state index contributed by atoms with van der Waals surface area (Å²) in [6.45, 7) is 2.98. The van der Waals surface area contributed by atoms with E-state index in [2.05, 4.69) is 35.8 Å². The van der Waals surface area contributed by atoms with Gasteiger partial charge in [-0.25, -0.2) is 9.78 Å². The number of carbonyl (C=O) groups is 2. The highest BCUT2D eigenvalue weighted by Crippen LogP contribution is 2.37. The van der Waals surface area contributed by atoms with Crippen LogP contribution in [0.25, 0.3) is 5.65 Å². The number of methoxy groups -OCH3 is 1. The van der Waals surface area contributed by atoms with Crippen molar-refractivity contribution in [2.45, 2.75) is 25.5 Å². The first-order valence-corrected chi connectivity index (χ1v) is 11.7. The Kier molecular flexibility index (Phi) is 7.46. The lowest BCUT2D eigenvalue weighted by atomic mass is 10.0. The number of nitrogens with one attached hydrogen (secondary N) is 3. The number of halogens is 1. The van der Waals surface area contributed by atoms with Crippen LogP contribution in [0.5, 0.6) is 0 Å². The molecule has 0 bridgehead atoms. The second kappa shape index (κ2) is 10.7.